The summed E-state index contributed by atoms with van der Waals surface area (Å²) in [5.41, 5.74) is 1.56. The molecule has 0 radical (unpaired) electrons. The summed E-state index contributed by atoms with van der Waals surface area (Å²) in [5.74, 6) is -2.91. The molecule has 2 amide bonds. The number of hydrogen-bond acceptors (Lipinski definition) is 5. The van der Waals surface area contributed by atoms with Crippen LogP contribution in [-0.2, 0) is 15.2 Å². The maximum Gasteiger partial charge on any atom is 0.269 e. The van der Waals surface area contributed by atoms with Crippen molar-refractivity contribution in [1.29, 1.82) is 0 Å². The highest BCUT2D eigenvalue weighted by Crippen LogP contribution is 2.63. The molecule has 7 rings (SSSR count). The summed E-state index contributed by atoms with van der Waals surface area (Å²) in [6, 6.07) is 20.2. The lowest BCUT2D eigenvalue weighted by atomic mass is 9.52. The Morgan fingerprint density at radius 3 is 1.94 bits per heavy atom. The molecule has 3 aliphatic carbocycles. The fourth-order valence-corrected chi connectivity index (χ4v) is 5.71. The molecule has 152 valence electrons. The normalized spacial score (nSPS) is 27.6. The number of nitrogens with zero attached hydrogens (tertiary/aromatic N) is 2. The van der Waals surface area contributed by atoms with Gasteiger partial charge in [-0.1, -0.05) is 48.5 Å². The van der Waals surface area contributed by atoms with Crippen LogP contribution in [0.3, 0.4) is 0 Å². The van der Waals surface area contributed by atoms with Crippen molar-refractivity contribution < 1.29 is 19.6 Å². The number of carbonyl (C=O) groups is 2. The van der Waals surface area contributed by atoms with E-state index >= 15 is 0 Å². The van der Waals surface area contributed by atoms with Crippen LogP contribution in [0.1, 0.15) is 28.2 Å². The van der Waals surface area contributed by atoms with Crippen LogP contribution in [0.5, 0.6) is 0 Å². The number of carbonyl (C=O) groups excluding carboxylic acids is 2. The van der Waals surface area contributed by atoms with Crippen LogP contribution in [0, 0.1) is 22.0 Å². The molecule has 4 aliphatic rings. The zero-order valence-electron chi connectivity index (χ0n) is 16.1. The van der Waals surface area contributed by atoms with Crippen LogP contribution < -0.4 is 4.90 Å². The van der Waals surface area contributed by atoms with Gasteiger partial charge in [0.25, 0.3) is 5.69 Å². The molecule has 3 aromatic rings. The van der Waals surface area contributed by atoms with E-state index in [1.165, 1.54) is 24.3 Å². The van der Waals surface area contributed by atoms with E-state index in [0.29, 0.717) is 11.1 Å². The van der Waals surface area contributed by atoms with E-state index in [0.717, 1.165) is 16.0 Å². The molecular formula is C24H16N2O5. The second-order valence-corrected chi connectivity index (χ2v) is 8.21. The molecule has 1 saturated heterocycles. The van der Waals surface area contributed by atoms with Crippen molar-refractivity contribution in [2.75, 3.05) is 4.90 Å². The monoisotopic (exact) mass is 412 g/mol. The number of nitro groups is 1. The third kappa shape index (κ3) is 2.06. The molecule has 3 aromatic carbocycles. The van der Waals surface area contributed by atoms with Gasteiger partial charge in [0.15, 0.2) is 0 Å². The Hall–Kier alpha value is -3.84. The van der Waals surface area contributed by atoms with E-state index in [9.17, 15) is 24.8 Å². The summed E-state index contributed by atoms with van der Waals surface area (Å²) in [4.78, 5) is 38.7. The molecule has 31 heavy (non-hydrogen) atoms. The summed E-state index contributed by atoms with van der Waals surface area (Å²) in [7, 11) is 0. The van der Waals surface area contributed by atoms with Gasteiger partial charge in [-0.25, -0.2) is 4.90 Å². The van der Waals surface area contributed by atoms with Crippen LogP contribution >= 0.6 is 0 Å². The van der Waals surface area contributed by atoms with Crippen molar-refractivity contribution in [1.82, 2.24) is 0 Å². The molecule has 1 N–H and O–H groups in total. The topological polar surface area (TPSA) is 101 Å². The quantitative estimate of drug-likeness (QED) is 0.396. The summed E-state index contributed by atoms with van der Waals surface area (Å²) in [5, 5.41) is 23.1. The molecule has 1 fully saturated rings. The van der Waals surface area contributed by atoms with Gasteiger partial charge in [-0.15, -0.1) is 0 Å². The summed E-state index contributed by atoms with van der Waals surface area (Å²) < 4.78 is 0. The first kappa shape index (κ1) is 18.0. The van der Waals surface area contributed by atoms with Crippen LogP contribution in [0.25, 0.3) is 0 Å². The molecule has 2 atom stereocenters. The highest BCUT2D eigenvalue weighted by molar-refractivity contribution is 6.23. The second kappa shape index (κ2) is 5.86. The van der Waals surface area contributed by atoms with E-state index in [4.69, 9.17) is 0 Å². The molecule has 0 saturated carbocycles. The first-order valence-electron chi connectivity index (χ1n) is 9.98. The number of hydrogen-bond donors (Lipinski definition) is 1. The fourth-order valence-electron chi connectivity index (χ4n) is 5.71. The van der Waals surface area contributed by atoms with E-state index in [1.807, 2.05) is 48.5 Å². The minimum atomic E-state index is -1.62. The lowest BCUT2D eigenvalue weighted by molar-refractivity contribution is -0.384. The minimum Gasteiger partial charge on any atom is -0.379 e. The predicted molar refractivity (Wildman–Crippen MR) is 110 cm³/mol. The molecule has 2 bridgehead atoms. The van der Waals surface area contributed by atoms with E-state index in [-0.39, 0.29) is 17.3 Å². The smallest absolute Gasteiger partial charge is 0.269 e. The second-order valence-electron chi connectivity index (χ2n) is 8.21. The van der Waals surface area contributed by atoms with Gasteiger partial charge in [0.1, 0.15) is 5.60 Å². The Morgan fingerprint density at radius 1 is 0.839 bits per heavy atom. The average molecular weight is 412 g/mol. The molecule has 0 spiro atoms. The molecule has 7 nitrogen and oxygen atoms in total. The predicted octanol–water partition coefficient (Wildman–Crippen LogP) is 3.10. The number of benzene rings is 3. The van der Waals surface area contributed by atoms with Crippen molar-refractivity contribution in [2.24, 2.45) is 11.8 Å². The lowest BCUT2D eigenvalue weighted by Crippen LogP contribution is -2.53. The molecule has 1 aliphatic heterocycles. The zero-order chi connectivity index (χ0) is 21.5. The number of amides is 2. The molecule has 7 heteroatoms. The van der Waals surface area contributed by atoms with Crippen molar-refractivity contribution in [3.8, 4) is 0 Å². The van der Waals surface area contributed by atoms with Crippen LogP contribution in [0.15, 0.2) is 72.8 Å². The number of nitro benzene ring substituents is 1. The Kier molecular flexibility index (Phi) is 3.40. The standard InChI is InChI=1S/C24H16N2O5/c27-22-20-19-15-5-1-3-7-17(15)24(29,18-8-4-2-6-16(18)19)21(20)23(28)25(22)13-9-11-14(12-10-13)26(30)31/h1-12,19-21,29H/t19?,20-,21+,24?/m1/s1. The number of imide groups is 1. The highest BCUT2D eigenvalue weighted by Gasteiger charge is 2.68. The number of aliphatic hydroxyl groups is 1. The number of non-ortho nitro benzene ring substituents is 1. The molecule has 1 heterocycles. The van der Waals surface area contributed by atoms with E-state index in [2.05, 4.69) is 0 Å². The number of anilines is 1. The van der Waals surface area contributed by atoms with E-state index < -0.39 is 34.2 Å². The number of rotatable bonds is 2. The van der Waals surface area contributed by atoms with Crippen molar-refractivity contribution >= 4 is 23.2 Å². The third-order valence-corrected chi connectivity index (χ3v) is 6.89. The average Bonchev–Trinajstić information content (AvgIpc) is 3.06. The van der Waals surface area contributed by atoms with Crippen molar-refractivity contribution in [3.63, 3.8) is 0 Å². The highest BCUT2D eigenvalue weighted by atomic mass is 16.6. The minimum absolute atomic E-state index is 0.126. The first-order chi connectivity index (χ1) is 14.9. The van der Waals surface area contributed by atoms with Gasteiger partial charge in [0.05, 0.1) is 22.4 Å². The largest absolute Gasteiger partial charge is 0.379 e. The SMILES string of the molecule is O=C1[C@@H]2C3c4ccccc4C(O)(c4ccccc43)[C@@H]2C(=O)N1c1ccc([N+](=O)[O-])cc1. The van der Waals surface area contributed by atoms with Crippen molar-refractivity contribution in [2.45, 2.75) is 11.5 Å². The Balaban J connectivity index is 1.55. The summed E-state index contributed by atoms with van der Waals surface area (Å²) >= 11 is 0. The maximum atomic E-state index is 13.6. The summed E-state index contributed by atoms with van der Waals surface area (Å²) in [6.07, 6.45) is 0. The third-order valence-electron chi connectivity index (χ3n) is 6.89. The summed E-state index contributed by atoms with van der Waals surface area (Å²) in [6.45, 7) is 0. The first-order valence-corrected chi connectivity index (χ1v) is 9.98. The van der Waals surface area contributed by atoms with Gasteiger partial charge in [-0.2, -0.15) is 0 Å². The van der Waals surface area contributed by atoms with Gasteiger partial charge >= 0.3 is 0 Å². The van der Waals surface area contributed by atoms with Crippen LogP contribution in [0.4, 0.5) is 11.4 Å². The lowest BCUT2D eigenvalue weighted by Gasteiger charge is -2.51. The van der Waals surface area contributed by atoms with Crippen LogP contribution in [0.2, 0.25) is 0 Å². The zero-order valence-corrected chi connectivity index (χ0v) is 16.1. The van der Waals surface area contributed by atoms with Gasteiger partial charge in [0, 0.05) is 18.1 Å². The van der Waals surface area contributed by atoms with Gasteiger partial charge in [0.2, 0.25) is 11.8 Å². The molecular weight excluding hydrogens is 396 g/mol. The van der Waals surface area contributed by atoms with Crippen molar-refractivity contribution in [3.05, 3.63) is 105 Å². The fraction of sp³-hybridized carbons (Fsp3) is 0.167. The molecule has 0 aromatic heterocycles. The Morgan fingerprint density at radius 2 is 1.39 bits per heavy atom. The Bertz CT molecular complexity index is 1250. The van der Waals surface area contributed by atoms with Gasteiger partial charge in [-0.05, 0) is 34.4 Å². The van der Waals surface area contributed by atoms with E-state index in [1.54, 1.807) is 0 Å². The van der Waals surface area contributed by atoms with Crippen LogP contribution in [-0.4, -0.2) is 21.8 Å². The molecule has 0 unspecified atom stereocenters. The maximum absolute atomic E-state index is 13.6. The van der Waals surface area contributed by atoms with Gasteiger partial charge < -0.3 is 5.11 Å². The Labute approximate surface area is 176 Å². The van der Waals surface area contributed by atoms with Gasteiger partial charge in [-0.3, -0.25) is 19.7 Å².